The molecule has 2 N–H and O–H groups in total. The van der Waals surface area contributed by atoms with Crippen LogP contribution in [0.2, 0.25) is 0 Å². The molecule has 0 unspecified atom stereocenters. The van der Waals surface area contributed by atoms with Crippen molar-refractivity contribution in [1.82, 2.24) is 9.97 Å². The molecule has 1 heterocycles. The smallest absolute Gasteiger partial charge is 0.280 e. The van der Waals surface area contributed by atoms with Crippen molar-refractivity contribution in [3.05, 3.63) is 52.3 Å². The van der Waals surface area contributed by atoms with Gasteiger partial charge in [-0.1, -0.05) is 12.1 Å². The monoisotopic (exact) mass is 244 g/mol. The first kappa shape index (κ1) is 12.1. The van der Waals surface area contributed by atoms with Crippen LogP contribution < -0.4 is 5.73 Å². The molecule has 1 aromatic carbocycles. The molecule has 0 saturated heterocycles. The topological polar surface area (TPSA) is 94.9 Å². The van der Waals surface area contributed by atoms with E-state index in [2.05, 4.69) is 9.97 Å². The average molecular weight is 244 g/mol. The Balaban J connectivity index is 2.48. The Bertz CT molecular complexity index is 572. The van der Waals surface area contributed by atoms with Crippen LogP contribution in [0, 0.1) is 10.1 Å². The van der Waals surface area contributed by atoms with Crippen LogP contribution in [0.4, 0.5) is 5.69 Å². The van der Waals surface area contributed by atoms with Crippen LogP contribution in [0.5, 0.6) is 0 Å². The molecule has 0 radical (unpaired) electrons. The van der Waals surface area contributed by atoms with Gasteiger partial charge in [0.25, 0.3) is 5.69 Å². The highest BCUT2D eigenvalue weighted by Crippen LogP contribution is 2.26. The van der Waals surface area contributed by atoms with Crippen molar-refractivity contribution in [2.75, 3.05) is 6.54 Å². The molecule has 2 rings (SSSR count). The number of para-hydroxylation sites is 1. The number of nitrogens with zero attached hydrogens (tertiary/aromatic N) is 3. The van der Waals surface area contributed by atoms with Crippen LogP contribution in [0.25, 0.3) is 11.4 Å². The lowest BCUT2D eigenvalue weighted by Crippen LogP contribution is -2.05. The summed E-state index contributed by atoms with van der Waals surface area (Å²) < 4.78 is 0. The van der Waals surface area contributed by atoms with Crippen LogP contribution in [0.1, 0.15) is 5.69 Å². The zero-order valence-corrected chi connectivity index (χ0v) is 9.61. The molecule has 6 nitrogen and oxygen atoms in total. The van der Waals surface area contributed by atoms with E-state index >= 15 is 0 Å². The highest BCUT2D eigenvalue weighted by atomic mass is 16.6. The lowest BCUT2D eigenvalue weighted by molar-refractivity contribution is -0.384. The van der Waals surface area contributed by atoms with Crippen molar-refractivity contribution in [1.29, 1.82) is 0 Å². The maximum absolute atomic E-state index is 10.9. The van der Waals surface area contributed by atoms with Gasteiger partial charge in [-0.25, -0.2) is 9.97 Å². The first-order chi connectivity index (χ1) is 8.72. The SMILES string of the molecule is NCCc1ccnc(-c2ccccc2[N+](=O)[O-])n1. The molecule has 2 aromatic rings. The molecule has 6 heteroatoms. The number of nitro benzene ring substituents is 1. The van der Waals surface area contributed by atoms with Gasteiger partial charge in [0.1, 0.15) is 0 Å². The number of hydrogen-bond acceptors (Lipinski definition) is 5. The van der Waals surface area contributed by atoms with Crippen LogP contribution in [0.15, 0.2) is 36.5 Å². The highest BCUT2D eigenvalue weighted by Gasteiger charge is 2.16. The normalized spacial score (nSPS) is 10.3. The minimum atomic E-state index is -0.436. The Hall–Kier alpha value is -2.34. The molecule has 0 fully saturated rings. The maximum Gasteiger partial charge on any atom is 0.280 e. The Morgan fingerprint density at radius 2 is 2.06 bits per heavy atom. The second-order valence-electron chi connectivity index (χ2n) is 3.68. The minimum Gasteiger partial charge on any atom is -0.330 e. The van der Waals surface area contributed by atoms with Crippen molar-refractivity contribution < 1.29 is 4.92 Å². The Morgan fingerprint density at radius 3 is 2.78 bits per heavy atom. The molecule has 1 aromatic heterocycles. The number of nitrogens with two attached hydrogens (primary N) is 1. The average Bonchev–Trinajstić information content (AvgIpc) is 2.39. The van der Waals surface area contributed by atoms with Gasteiger partial charge in [-0.15, -0.1) is 0 Å². The molecule has 0 saturated carbocycles. The van der Waals surface area contributed by atoms with Gasteiger partial charge in [0.05, 0.1) is 10.5 Å². The third-order valence-corrected chi connectivity index (χ3v) is 2.46. The number of benzene rings is 1. The zero-order chi connectivity index (χ0) is 13.0. The summed E-state index contributed by atoms with van der Waals surface area (Å²) in [6.07, 6.45) is 2.21. The van der Waals surface area contributed by atoms with E-state index in [1.54, 1.807) is 30.5 Å². The van der Waals surface area contributed by atoms with E-state index < -0.39 is 4.92 Å². The van der Waals surface area contributed by atoms with Crippen molar-refractivity contribution in [3.8, 4) is 11.4 Å². The van der Waals surface area contributed by atoms with E-state index in [-0.39, 0.29) is 5.69 Å². The van der Waals surface area contributed by atoms with Gasteiger partial charge in [-0.3, -0.25) is 10.1 Å². The molecule has 92 valence electrons. The van der Waals surface area contributed by atoms with Crippen LogP contribution >= 0.6 is 0 Å². The number of rotatable bonds is 4. The summed E-state index contributed by atoms with van der Waals surface area (Å²) in [4.78, 5) is 18.9. The summed E-state index contributed by atoms with van der Waals surface area (Å²) in [6.45, 7) is 0.480. The van der Waals surface area contributed by atoms with Crippen LogP contribution in [-0.2, 0) is 6.42 Å². The van der Waals surface area contributed by atoms with Crippen LogP contribution in [-0.4, -0.2) is 21.4 Å². The molecule has 0 atom stereocenters. The lowest BCUT2D eigenvalue weighted by atomic mass is 10.1. The van der Waals surface area contributed by atoms with E-state index in [0.29, 0.717) is 24.4 Å². The Labute approximate surface area is 104 Å². The fourth-order valence-electron chi connectivity index (χ4n) is 1.63. The van der Waals surface area contributed by atoms with Gasteiger partial charge in [0.2, 0.25) is 0 Å². The maximum atomic E-state index is 10.9. The first-order valence-corrected chi connectivity index (χ1v) is 5.48. The summed E-state index contributed by atoms with van der Waals surface area (Å²) in [5.74, 6) is 0.355. The van der Waals surface area contributed by atoms with E-state index in [0.717, 1.165) is 5.69 Å². The van der Waals surface area contributed by atoms with Crippen molar-refractivity contribution in [2.24, 2.45) is 5.73 Å². The summed E-state index contributed by atoms with van der Waals surface area (Å²) in [5, 5.41) is 10.9. The zero-order valence-electron chi connectivity index (χ0n) is 9.61. The highest BCUT2D eigenvalue weighted by molar-refractivity contribution is 5.67. The Kier molecular flexibility index (Phi) is 3.59. The van der Waals surface area contributed by atoms with Gasteiger partial charge < -0.3 is 5.73 Å². The fraction of sp³-hybridized carbons (Fsp3) is 0.167. The number of aromatic nitrogens is 2. The number of hydrogen-bond donors (Lipinski definition) is 1. The van der Waals surface area contributed by atoms with Crippen molar-refractivity contribution in [3.63, 3.8) is 0 Å². The quantitative estimate of drug-likeness (QED) is 0.650. The molecule has 0 aliphatic heterocycles. The van der Waals surface area contributed by atoms with Gasteiger partial charge in [-0.2, -0.15) is 0 Å². The molecular formula is C12H12N4O2. The standard InChI is InChI=1S/C12H12N4O2/c13-7-5-9-6-8-14-12(15-9)10-3-1-2-4-11(10)16(17)18/h1-4,6,8H,5,7,13H2. The summed E-state index contributed by atoms with van der Waals surface area (Å²) in [6, 6.07) is 8.17. The molecule has 0 spiro atoms. The van der Waals surface area contributed by atoms with E-state index in [1.807, 2.05) is 0 Å². The molecular weight excluding hydrogens is 232 g/mol. The molecule has 0 aliphatic rings. The first-order valence-electron chi connectivity index (χ1n) is 5.48. The number of nitro groups is 1. The summed E-state index contributed by atoms with van der Waals surface area (Å²) >= 11 is 0. The predicted molar refractivity (Wildman–Crippen MR) is 66.9 cm³/mol. The molecule has 18 heavy (non-hydrogen) atoms. The summed E-state index contributed by atoms with van der Waals surface area (Å²) in [5.41, 5.74) is 6.66. The fourth-order valence-corrected chi connectivity index (χ4v) is 1.63. The van der Waals surface area contributed by atoms with Crippen molar-refractivity contribution in [2.45, 2.75) is 6.42 Å². The third-order valence-electron chi connectivity index (χ3n) is 2.46. The van der Waals surface area contributed by atoms with E-state index in [9.17, 15) is 10.1 Å². The van der Waals surface area contributed by atoms with Gasteiger partial charge in [-0.05, 0) is 18.7 Å². The molecule has 0 bridgehead atoms. The minimum absolute atomic E-state index is 0.00222. The second kappa shape index (κ2) is 5.33. The van der Waals surface area contributed by atoms with Crippen molar-refractivity contribution >= 4 is 5.69 Å². The largest absolute Gasteiger partial charge is 0.330 e. The second-order valence-corrected chi connectivity index (χ2v) is 3.68. The third kappa shape index (κ3) is 2.49. The van der Waals surface area contributed by atoms with Crippen LogP contribution in [0.3, 0.4) is 0 Å². The van der Waals surface area contributed by atoms with Gasteiger partial charge in [0.15, 0.2) is 5.82 Å². The van der Waals surface area contributed by atoms with E-state index in [1.165, 1.54) is 6.07 Å². The van der Waals surface area contributed by atoms with Gasteiger partial charge in [0, 0.05) is 24.4 Å². The molecule has 0 amide bonds. The lowest BCUT2D eigenvalue weighted by Gasteiger charge is -2.03. The van der Waals surface area contributed by atoms with Gasteiger partial charge >= 0.3 is 0 Å². The molecule has 0 aliphatic carbocycles. The Morgan fingerprint density at radius 1 is 1.28 bits per heavy atom. The predicted octanol–water partition coefficient (Wildman–Crippen LogP) is 1.55. The summed E-state index contributed by atoms with van der Waals surface area (Å²) in [7, 11) is 0. The van der Waals surface area contributed by atoms with E-state index in [4.69, 9.17) is 5.73 Å².